The number of carbonyl (C=O) groups excluding carboxylic acids is 1. The van der Waals surface area contributed by atoms with Gasteiger partial charge in [-0.25, -0.2) is 0 Å². The van der Waals surface area contributed by atoms with Gasteiger partial charge in [-0.1, -0.05) is 42.5 Å². The molecule has 160 valence electrons. The molecule has 3 aromatic rings. The van der Waals surface area contributed by atoms with Crippen molar-refractivity contribution >= 4 is 5.91 Å². The van der Waals surface area contributed by atoms with Crippen LogP contribution in [-0.2, 0) is 13.0 Å². The highest BCUT2D eigenvalue weighted by Gasteiger charge is 2.39. The second kappa shape index (κ2) is 8.60. The summed E-state index contributed by atoms with van der Waals surface area (Å²) in [5.41, 5.74) is 4.06. The van der Waals surface area contributed by atoms with Crippen molar-refractivity contribution in [2.24, 2.45) is 5.92 Å². The van der Waals surface area contributed by atoms with Crippen LogP contribution in [0.1, 0.15) is 33.2 Å². The number of amides is 1. The number of hydrogen-bond donors (Lipinski definition) is 0. The first-order valence-corrected chi connectivity index (χ1v) is 11.0. The van der Waals surface area contributed by atoms with E-state index in [2.05, 4.69) is 41.3 Å². The van der Waals surface area contributed by atoms with E-state index in [1.807, 2.05) is 17.0 Å². The van der Waals surface area contributed by atoms with Crippen LogP contribution in [0.25, 0.3) is 0 Å². The minimum Gasteiger partial charge on any atom is -0.496 e. The van der Waals surface area contributed by atoms with E-state index in [1.54, 1.807) is 25.5 Å². The summed E-state index contributed by atoms with van der Waals surface area (Å²) in [5, 5.41) is 0. The molecule has 0 saturated carbocycles. The van der Waals surface area contributed by atoms with Crippen molar-refractivity contribution in [2.75, 3.05) is 33.3 Å². The van der Waals surface area contributed by atoms with E-state index in [9.17, 15) is 4.79 Å². The van der Waals surface area contributed by atoms with Gasteiger partial charge in [-0.15, -0.1) is 0 Å². The van der Waals surface area contributed by atoms with Crippen LogP contribution >= 0.6 is 0 Å². The lowest BCUT2D eigenvalue weighted by Gasteiger charge is -2.32. The van der Waals surface area contributed by atoms with Crippen molar-refractivity contribution in [3.63, 3.8) is 0 Å². The molecule has 31 heavy (non-hydrogen) atoms. The van der Waals surface area contributed by atoms with Crippen molar-refractivity contribution in [3.8, 4) is 5.75 Å². The van der Waals surface area contributed by atoms with Gasteiger partial charge in [0.15, 0.2) is 5.76 Å². The van der Waals surface area contributed by atoms with Gasteiger partial charge in [-0.05, 0) is 47.2 Å². The number of methoxy groups -OCH3 is 1. The molecule has 0 aliphatic carbocycles. The zero-order valence-corrected chi connectivity index (χ0v) is 17.9. The number of fused-ring (bicyclic) bond motifs is 1. The van der Waals surface area contributed by atoms with E-state index >= 15 is 0 Å². The molecule has 0 spiro atoms. The Hall–Kier alpha value is -3.05. The molecular weight excluding hydrogens is 388 g/mol. The van der Waals surface area contributed by atoms with Crippen LogP contribution in [0.2, 0.25) is 0 Å². The third-order valence-electron chi connectivity index (χ3n) is 6.70. The minimum absolute atomic E-state index is 0.0311. The molecule has 1 aromatic heterocycles. The van der Waals surface area contributed by atoms with Crippen LogP contribution in [0.15, 0.2) is 71.3 Å². The molecule has 2 aliphatic heterocycles. The molecule has 2 aromatic carbocycles. The standard InChI is InChI=1S/C26H28N2O3/c1-30-24-10-5-4-9-22(24)23-18-28(26(29)25-11-6-14-31-25)17-21(23)16-27-13-12-19-7-2-3-8-20(19)15-27/h2-11,14,21,23H,12-13,15-18H2,1H3. The highest BCUT2D eigenvalue weighted by atomic mass is 16.5. The lowest BCUT2D eigenvalue weighted by atomic mass is 9.87. The number of benzene rings is 2. The van der Waals surface area contributed by atoms with Crippen LogP contribution < -0.4 is 4.74 Å². The maximum absolute atomic E-state index is 13.0. The van der Waals surface area contributed by atoms with E-state index < -0.39 is 0 Å². The summed E-state index contributed by atoms with van der Waals surface area (Å²) in [7, 11) is 1.72. The van der Waals surface area contributed by atoms with Gasteiger partial charge in [0.1, 0.15) is 5.75 Å². The van der Waals surface area contributed by atoms with Crippen molar-refractivity contribution in [3.05, 3.63) is 89.4 Å². The zero-order chi connectivity index (χ0) is 21.2. The first kappa shape index (κ1) is 19.9. The van der Waals surface area contributed by atoms with Gasteiger partial charge < -0.3 is 14.1 Å². The van der Waals surface area contributed by atoms with Gasteiger partial charge in [0, 0.05) is 38.6 Å². The van der Waals surface area contributed by atoms with Crippen molar-refractivity contribution in [1.29, 1.82) is 0 Å². The molecule has 2 aliphatic rings. The SMILES string of the molecule is COc1ccccc1C1CN(C(=O)c2ccco2)CC1CN1CCc2ccccc2C1. The minimum atomic E-state index is -0.0311. The predicted octanol–water partition coefficient (Wildman–Crippen LogP) is 4.20. The van der Waals surface area contributed by atoms with Gasteiger partial charge >= 0.3 is 0 Å². The third kappa shape index (κ3) is 3.98. The topological polar surface area (TPSA) is 45.9 Å². The molecule has 2 atom stereocenters. The molecule has 0 bridgehead atoms. The van der Waals surface area contributed by atoms with Crippen LogP contribution in [-0.4, -0.2) is 49.0 Å². The quantitative estimate of drug-likeness (QED) is 0.625. The predicted molar refractivity (Wildman–Crippen MR) is 119 cm³/mol. The molecule has 0 N–H and O–H groups in total. The Morgan fingerprint density at radius 2 is 1.84 bits per heavy atom. The fourth-order valence-electron chi connectivity index (χ4n) is 5.14. The molecule has 2 unspecified atom stereocenters. The summed E-state index contributed by atoms with van der Waals surface area (Å²) >= 11 is 0. The highest BCUT2D eigenvalue weighted by molar-refractivity contribution is 5.91. The van der Waals surface area contributed by atoms with Crippen LogP contribution in [0.4, 0.5) is 0 Å². The maximum atomic E-state index is 13.0. The third-order valence-corrected chi connectivity index (χ3v) is 6.70. The number of rotatable bonds is 5. The van der Waals surface area contributed by atoms with E-state index in [1.165, 1.54) is 16.7 Å². The van der Waals surface area contributed by atoms with Crippen LogP contribution in [0.3, 0.4) is 0 Å². The number of nitrogens with zero attached hydrogens (tertiary/aromatic N) is 2. The number of hydrogen-bond acceptors (Lipinski definition) is 4. The van der Waals surface area contributed by atoms with Crippen LogP contribution in [0, 0.1) is 5.92 Å². The summed E-state index contributed by atoms with van der Waals surface area (Å²) in [6, 6.07) is 20.5. The smallest absolute Gasteiger partial charge is 0.289 e. The Labute approximate surface area is 183 Å². The van der Waals surface area contributed by atoms with Crippen LogP contribution in [0.5, 0.6) is 5.75 Å². The van der Waals surface area contributed by atoms with Gasteiger partial charge in [0.2, 0.25) is 0 Å². The summed E-state index contributed by atoms with van der Waals surface area (Å²) in [6.45, 7) is 4.38. The summed E-state index contributed by atoms with van der Waals surface area (Å²) in [6.07, 6.45) is 2.64. The highest BCUT2D eigenvalue weighted by Crippen LogP contribution is 2.39. The normalized spacial score (nSPS) is 21.1. The monoisotopic (exact) mass is 416 g/mol. The first-order chi connectivity index (χ1) is 15.2. The molecular formula is C26H28N2O3. The molecule has 1 saturated heterocycles. The van der Waals surface area contributed by atoms with E-state index in [4.69, 9.17) is 9.15 Å². The molecule has 0 radical (unpaired) electrons. The number of furan rings is 1. The zero-order valence-electron chi connectivity index (χ0n) is 17.9. The van der Waals surface area contributed by atoms with Gasteiger partial charge in [-0.3, -0.25) is 9.69 Å². The average Bonchev–Trinajstić information content (AvgIpc) is 3.49. The molecule has 1 amide bonds. The van der Waals surface area contributed by atoms with Gasteiger partial charge in [0.25, 0.3) is 5.91 Å². The Kier molecular flexibility index (Phi) is 5.51. The summed E-state index contributed by atoms with van der Waals surface area (Å²) in [4.78, 5) is 17.5. The number of para-hydroxylation sites is 1. The fourth-order valence-corrected chi connectivity index (χ4v) is 5.14. The van der Waals surface area contributed by atoms with Gasteiger partial charge in [0.05, 0.1) is 13.4 Å². The van der Waals surface area contributed by atoms with Crippen molar-refractivity contribution < 1.29 is 13.9 Å². The molecule has 1 fully saturated rings. The Bertz CT molecular complexity index is 1050. The second-order valence-electron chi connectivity index (χ2n) is 8.55. The maximum Gasteiger partial charge on any atom is 0.289 e. The Morgan fingerprint density at radius 1 is 1.03 bits per heavy atom. The van der Waals surface area contributed by atoms with E-state index in [0.29, 0.717) is 18.2 Å². The number of carbonyl (C=O) groups is 1. The molecule has 5 nitrogen and oxygen atoms in total. The van der Waals surface area contributed by atoms with E-state index in [0.717, 1.165) is 38.3 Å². The average molecular weight is 417 g/mol. The number of likely N-dealkylation sites (tertiary alicyclic amines) is 1. The first-order valence-electron chi connectivity index (χ1n) is 11.0. The summed E-state index contributed by atoms with van der Waals surface area (Å²) in [5.74, 6) is 1.84. The Morgan fingerprint density at radius 3 is 2.65 bits per heavy atom. The van der Waals surface area contributed by atoms with E-state index in [-0.39, 0.29) is 11.8 Å². The van der Waals surface area contributed by atoms with Gasteiger partial charge in [-0.2, -0.15) is 0 Å². The fraction of sp³-hybridized carbons (Fsp3) is 0.346. The Balaban J connectivity index is 1.39. The lowest BCUT2D eigenvalue weighted by Crippen LogP contribution is -2.37. The lowest BCUT2D eigenvalue weighted by molar-refractivity contribution is 0.0750. The molecule has 5 heteroatoms. The van der Waals surface area contributed by atoms with Crippen molar-refractivity contribution in [2.45, 2.75) is 18.9 Å². The molecule has 5 rings (SSSR count). The number of ether oxygens (including phenoxy) is 1. The largest absolute Gasteiger partial charge is 0.496 e. The van der Waals surface area contributed by atoms with Crippen molar-refractivity contribution in [1.82, 2.24) is 9.80 Å². The molecule has 3 heterocycles. The summed E-state index contributed by atoms with van der Waals surface area (Å²) < 4.78 is 11.1. The second-order valence-corrected chi connectivity index (χ2v) is 8.55.